The molecule has 0 aromatic heterocycles. The number of carboxylic acid groups (broad SMARTS) is 1. The van der Waals surface area contributed by atoms with E-state index in [0.717, 1.165) is 5.56 Å². The minimum Gasteiger partial charge on any atom is -0.481 e. The van der Waals surface area contributed by atoms with Crippen LogP contribution < -0.4 is 4.90 Å². The maximum absolute atomic E-state index is 12.4. The van der Waals surface area contributed by atoms with Gasteiger partial charge in [-0.3, -0.25) is 9.69 Å². The fourth-order valence-electron chi connectivity index (χ4n) is 3.47. The molecular weight excluding hydrogens is 352 g/mol. The Morgan fingerprint density at radius 3 is 2.63 bits per heavy atom. The number of carbonyl (C=O) groups is 3. The van der Waals surface area contributed by atoms with Crippen LogP contribution >= 0.6 is 0 Å². The van der Waals surface area contributed by atoms with E-state index in [-0.39, 0.29) is 13.2 Å². The van der Waals surface area contributed by atoms with Gasteiger partial charge in [0.25, 0.3) is 0 Å². The van der Waals surface area contributed by atoms with Crippen LogP contribution in [0.5, 0.6) is 0 Å². The van der Waals surface area contributed by atoms with Crippen molar-refractivity contribution in [3.05, 3.63) is 29.8 Å². The van der Waals surface area contributed by atoms with Gasteiger partial charge in [-0.1, -0.05) is 18.2 Å². The summed E-state index contributed by atoms with van der Waals surface area (Å²) in [5.41, 5.74) is 0.828. The topological polar surface area (TPSA) is 96.4 Å². The fraction of sp³-hybridized carbons (Fsp3) is 0.526. The Morgan fingerprint density at radius 2 is 1.96 bits per heavy atom. The van der Waals surface area contributed by atoms with Crippen LogP contribution in [0.1, 0.15) is 32.8 Å². The van der Waals surface area contributed by atoms with Gasteiger partial charge < -0.3 is 19.5 Å². The van der Waals surface area contributed by atoms with Crippen LogP contribution in [0.4, 0.5) is 15.3 Å². The third-order valence-corrected chi connectivity index (χ3v) is 4.68. The average Bonchev–Trinajstić information content (AvgIpc) is 2.59. The van der Waals surface area contributed by atoms with Crippen molar-refractivity contribution >= 4 is 23.8 Å². The highest BCUT2D eigenvalue weighted by Gasteiger charge is 2.44. The molecule has 0 aliphatic carbocycles. The lowest BCUT2D eigenvalue weighted by molar-refractivity contribution is -0.144. The number of benzene rings is 1. The summed E-state index contributed by atoms with van der Waals surface area (Å²) in [4.78, 5) is 39.5. The normalized spacial score (nSPS) is 22.7. The number of para-hydroxylation sites is 1. The summed E-state index contributed by atoms with van der Waals surface area (Å²) in [6.07, 6.45) is -0.788. The molecule has 2 atom stereocenters. The van der Waals surface area contributed by atoms with Gasteiger partial charge in [0, 0.05) is 18.7 Å². The van der Waals surface area contributed by atoms with Gasteiger partial charge in [0.05, 0.1) is 17.6 Å². The van der Waals surface area contributed by atoms with E-state index in [1.807, 2.05) is 12.1 Å². The van der Waals surface area contributed by atoms with Crippen molar-refractivity contribution in [3.63, 3.8) is 0 Å². The van der Waals surface area contributed by atoms with E-state index in [9.17, 15) is 19.5 Å². The number of anilines is 1. The number of cyclic esters (lactones) is 1. The van der Waals surface area contributed by atoms with Crippen LogP contribution in [-0.4, -0.2) is 52.9 Å². The minimum absolute atomic E-state index is 0.0269. The Bertz CT molecular complexity index is 757. The zero-order valence-corrected chi connectivity index (χ0v) is 15.7. The molecule has 2 aliphatic heterocycles. The van der Waals surface area contributed by atoms with Crippen LogP contribution in [0, 0.1) is 5.92 Å². The monoisotopic (exact) mass is 376 g/mol. The molecule has 3 rings (SSSR count). The standard InChI is InChI=1S/C19H24N2O6/c1-19(2,3)27-17(24)20-9-8-15(13(10-20)16(22)23)21-14-7-5-4-6-12(14)11-26-18(21)25/h4-7,13,15H,8-11H2,1-3H3,(H,22,23). The molecule has 0 spiro atoms. The number of piperidine rings is 1. The first-order valence-corrected chi connectivity index (χ1v) is 8.92. The number of amides is 2. The quantitative estimate of drug-likeness (QED) is 0.853. The lowest BCUT2D eigenvalue weighted by Gasteiger charge is -2.43. The van der Waals surface area contributed by atoms with Crippen molar-refractivity contribution in [2.24, 2.45) is 5.92 Å². The van der Waals surface area contributed by atoms with Gasteiger partial charge in [-0.15, -0.1) is 0 Å². The molecule has 0 saturated carbocycles. The number of fused-ring (bicyclic) bond motifs is 1. The predicted octanol–water partition coefficient (Wildman–Crippen LogP) is 2.85. The zero-order valence-electron chi connectivity index (χ0n) is 15.7. The smallest absolute Gasteiger partial charge is 0.414 e. The Morgan fingerprint density at radius 1 is 1.26 bits per heavy atom. The van der Waals surface area contributed by atoms with Crippen molar-refractivity contribution in [2.45, 2.75) is 45.4 Å². The molecule has 1 saturated heterocycles. The number of hydrogen-bond acceptors (Lipinski definition) is 5. The second kappa shape index (κ2) is 7.09. The summed E-state index contributed by atoms with van der Waals surface area (Å²) in [5.74, 6) is -2.01. The van der Waals surface area contributed by atoms with Gasteiger partial charge in [0.1, 0.15) is 12.2 Å². The third-order valence-electron chi connectivity index (χ3n) is 4.68. The first-order valence-electron chi connectivity index (χ1n) is 8.92. The molecule has 1 fully saturated rings. The van der Waals surface area contributed by atoms with E-state index in [4.69, 9.17) is 9.47 Å². The fourth-order valence-corrected chi connectivity index (χ4v) is 3.47. The van der Waals surface area contributed by atoms with Gasteiger partial charge in [-0.2, -0.15) is 0 Å². The lowest BCUT2D eigenvalue weighted by atomic mass is 9.90. The molecule has 0 bridgehead atoms. The number of likely N-dealkylation sites (tertiary alicyclic amines) is 1. The highest BCUT2D eigenvalue weighted by Crippen LogP contribution is 2.34. The van der Waals surface area contributed by atoms with E-state index in [1.54, 1.807) is 32.9 Å². The zero-order chi connectivity index (χ0) is 19.8. The van der Waals surface area contributed by atoms with Crippen molar-refractivity contribution in [2.75, 3.05) is 18.0 Å². The van der Waals surface area contributed by atoms with Gasteiger partial charge in [-0.05, 0) is 33.3 Å². The number of aliphatic carboxylic acids is 1. The maximum Gasteiger partial charge on any atom is 0.414 e. The molecular formula is C19H24N2O6. The second-order valence-electron chi connectivity index (χ2n) is 7.78. The summed E-state index contributed by atoms with van der Waals surface area (Å²) >= 11 is 0. The number of carboxylic acids is 1. The first kappa shape index (κ1) is 19.0. The van der Waals surface area contributed by atoms with Gasteiger partial charge in [-0.25, -0.2) is 9.59 Å². The highest BCUT2D eigenvalue weighted by atomic mass is 16.6. The Hall–Kier alpha value is -2.77. The Kier molecular flexibility index (Phi) is 4.99. The van der Waals surface area contributed by atoms with E-state index in [0.29, 0.717) is 18.7 Å². The van der Waals surface area contributed by atoms with Crippen LogP contribution in [0.2, 0.25) is 0 Å². The van der Waals surface area contributed by atoms with Crippen molar-refractivity contribution in [1.29, 1.82) is 0 Å². The molecule has 1 N–H and O–H groups in total. The van der Waals surface area contributed by atoms with Crippen molar-refractivity contribution < 1.29 is 29.0 Å². The Labute approximate surface area is 157 Å². The molecule has 27 heavy (non-hydrogen) atoms. The summed E-state index contributed by atoms with van der Waals surface area (Å²) in [5, 5.41) is 9.75. The number of hydrogen-bond donors (Lipinski definition) is 1. The molecule has 0 radical (unpaired) electrons. The summed E-state index contributed by atoms with van der Waals surface area (Å²) < 4.78 is 10.6. The van der Waals surface area contributed by atoms with Crippen LogP contribution in [0.15, 0.2) is 24.3 Å². The molecule has 146 valence electrons. The molecule has 2 heterocycles. The van der Waals surface area contributed by atoms with Crippen molar-refractivity contribution in [3.8, 4) is 0 Å². The molecule has 1 aromatic rings. The molecule has 1 aromatic carbocycles. The van der Waals surface area contributed by atoms with Crippen molar-refractivity contribution in [1.82, 2.24) is 4.90 Å². The molecule has 2 aliphatic rings. The number of rotatable bonds is 2. The number of ether oxygens (including phenoxy) is 2. The van der Waals surface area contributed by atoms with E-state index in [2.05, 4.69) is 0 Å². The molecule has 8 heteroatoms. The van der Waals surface area contributed by atoms with Crippen LogP contribution in [0.25, 0.3) is 0 Å². The summed E-state index contributed by atoms with van der Waals surface area (Å²) in [6.45, 7) is 5.71. The van der Waals surface area contributed by atoms with E-state index in [1.165, 1.54) is 9.80 Å². The van der Waals surface area contributed by atoms with E-state index >= 15 is 0 Å². The number of nitrogens with zero attached hydrogens (tertiary/aromatic N) is 2. The van der Waals surface area contributed by atoms with Crippen LogP contribution in [0.3, 0.4) is 0 Å². The largest absolute Gasteiger partial charge is 0.481 e. The summed E-state index contributed by atoms with van der Waals surface area (Å²) in [6, 6.07) is 6.68. The SMILES string of the molecule is CC(C)(C)OC(=O)N1CCC(N2C(=O)OCc3ccccc32)C(C(=O)O)C1. The lowest BCUT2D eigenvalue weighted by Crippen LogP contribution is -2.58. The summed E-state index contributed by atoms with van der Waals surface area (Å²) in [7, 11) is 0. The maximum atomic E-state index is 12.4. The first-order chi connectivity index (χ1) is 12.7. The Balaban J connectivity index is 1.84. The minimum atomic E-state index is -1.07. The van der Waals surface area contributed by atoms with Gasteiger partial charge >= 0.3 is 18.2 Å². The third kappa shape index (κ3) is 3.99. The second-order valence-corrected chi connectivity index (χ2v) is 7.78. The number of carbonyl (C=O) groups excluding carboxylic acids is 2. The van der Waals surface area contributed by atoms with E-state index < -0.39 is 35.7 Å². The highest BCUT2D eigenvalue weighted by molar-refractivity contribution is 5.92. The molecule has 8 nitrogen and oxygen atoms in total. The molecule has 2 unspecified atom stereocenters. The van der Waals surface area contributed by atoms with Gasteiger partial charge in [0.15, 0.2) is 0 Å². The predicted molar refractivity (Wildman–Crippen MR) is 96.4 cm³/mol. The molecule has 2 amide bonds. The average molecular weight is 376 g/mol. The van der Waals surface area contributed by atoms with Crippen LogP contribution in [-0.2, 0) is 20.9 Å². The van der Waals surface area contributed by atoms with Gasteiger partial charge in [0.2, 0.25) is 0 Å².